The van der Waals surface area contributed by atoms with Gasteiger partial charge in [-0.1, -0.05) is 5.16 Å². The SMILES string of the molecule is Cc1oncc1C(=O)Nc1ccc(NC(=O)C2CC(F)(F)CN2)cc1. The zero-order valence-electron chi connectivity index (χ0n) is 13.3. The minimum atomic E-state index is -2.86. The second kappa shape index (κ2) is 6.60. The van der Waals surface area contributed by atoms with Crippen molar-refractivity contribution >= 4 is 23.2 Å². The van der Waals surface area contributed by atoms with Crippen molar-refractivity contribution in [2.45, 2.75) is 25.3 Å². The second-order valence-corrected chi connectivity index (χ2v) is 5.81. The Balaban J connectivity index is 1.58. The summed E-state index contributed by atoms with van der Waals surface area (Å²) in [6.45, 7) is 1.12. The maximum absolute atomic E-state index is 13.1. The molecule has 1 unspecified atom stereocenters. The van der Waals surface area contributed by atoms with E-state index in [0.717, 1.165) is 0 Å². The topological polar surface area (TPSA) is 96.3 Å². The van der Waals surface area contributed by atoms with Crippen molar-refractivity contribution in [3.63, 3.8) is 0 Å². The molecule has 7 nitrogen and oxygen atoms in total. The first-order chi connectivity index (χ1) is 11.8. The van der Waals surface area contributed by atoms with Crippen LogP contribution < -0.4 is 16.0 Å². The van der Waals surface area contributed by atoms with Crippen LogP contribution >= 0.6 is 0 Å². The van der Waals surface area contributed by atoms with E-state index in [2.05, 4.69) is 21.1 Å². The van der Waals surface area contributed by atoms with Crippen LogP contribution in [-0.4, -0.2) is 35.5 Å². The minimum Gasteiger partial charge on any atom is -0.361 e. The number of alkyl halides is 2. The van der Waals surface area contributed by atoms with Crippen molar-refractivity contribution in [3.8, 4) is 0 Å². The lowest BCUT2D eigenvalue weighted by Gasteiger charge is -2.12. The van der Waals surface area contributed by atoms with Crippen molar-refractivity contribution in [1.29, 1.82) is 0 Å². The molecule has 1 atom stereocenters. The molecule has 2 heterocycles. The average Bonchev–Trinajstić information content (AvgIpc) is 3.14. The molecule has 0 radical (unpaired) electrons. The smallest absolute Gasteiger partial charge is 0.262 e. The molecule has 1 fully saturated rings. The van der Waals surface area contributed by atoms with E-state index in [0.29, 0.717) is 22.7 Å². The molecular formula is C16H16F2N4O3. The molecule has 132 valence electrons. The van der Waals surface area contributed by atoms with Crippen LogP contribution in [0.1, 0.15) is 22.5 Å². The maximum Gasteiger partial charge on any atom is 0.262 e. The largest absolute Gasteiger partial charge is 0.361 e. The molecule has 25 heavy (non-hydrogen) atoms. The van der Waals surface area contributed by atoms with Gasteiger partial charge in [0.25, 0.3) is 11.8 Å². The Morgan fingerprint density at radius 3 is 2.40 bits per heavy atom. The highest BCUT2D eigenvalue weighted by atomic mass is 19.3. The fourth-order valence-corrected chi connectivity index (χ4v) is 2.48. The number of carbonyl (C=O) groups is 2. The van der Waals surface area contributed by atoms with E-state index in [1.807, 2.05) is 0 Å². The molecule has 2 aromatic rings. The first kappa shape index (κ1) is 17.0. The number of anilines is 2. The van der Waals surface area contributed by atoms with Crippen molar-refractivity contribution in [2.24, 2.45) is 0 Å². The van der Waals surface area contributed by atoms with Crippen molar-refractivity contribution in [1.82, 2.24) is 10.5 Å². The Bertz CT molecular complexity index is 789. The molecule has 1 aliphatic rings. The number of aromatic nitrogens is 1. The van der Waals surface area contributed by atoms with E-state index in [9.17, 15) is 18.4 Å². The fourth-order valence-electron chi connectivity index (χ4n) is 2.48. The van der Waals surface area contributed by atoms with Crippen LogP contribution in [-0.2, 0) is 4.79 Å². The van der Waals surface area contributed by atoms with Gasteiger partial charge in [-0.2, -0.15) is 0 Å². The monoisotopic (exact) mass is 350 g/mol. The summed E-state index contributed by atoms with van der Waals surface area (Å²) >= 11 is 0. The minimum absolute atomic E-state index is 0.325. The van der Waals surface area contributed by atoms with Gasteiger partial charge in [-0.15, -0.1) is 0 Å². The molecule has 2 amide bonds. The van der Waals surface area contributed by atoms with Crippen LogP contribution in [0.3, 0.4) is 0 Å². The summed E-state index contributed by atoms with van der Waals surface area (Å²) in [7, 11) is 0. The number of hydrogen-bond acceptors (Lipinski definition) is 5. The summed E-state index contributed by atoms with van der Waals surface area (Å²) in [6.07, 6.45) is 0.800. The Morgan fingerprint density at radius 1 is 1.24 bits per heavy atom. The van der Waals surface area contributed by atoms with Gasteiger partial charge in [-0.25, -0.2) is 8.78 Å². The summed E-state index contributed by atoms with van der Waals surface area (Å²) in [5, 5.41) is 11.3. The lowest BCUT2D eigenvalue weighted by Crippen LogP contribution is -2.35. The number of benzene rings is 1. The van der Waals surface area contributed by atoms with E-state index in [1.54, 1.807) is 31.2 Å². The molecule has 3 rings (SSSR count). The number of carbonyl (C=O) groups excluding carboxylic acids is 2. The number of rotatable bonds is 4. The molecule has 0 aliphatic carbocycles. The summed E-state index contributed by atoms with van der Waals surface area (Å²) in [5.41, 5.74) is 1.28. The van der Waals surface area contributed by atoms with Crippen molar-refractivity contribution in [3.05, 3.63) is 41.8 Å². The molecule has 1 aromatic carbocycles. The highest BCUT2D eigenvalue weighted by Gasteiger charge is 2.42. The van der Waals surface area contributed by atoms with Gasteiger partial charge in [0, 0.05) is 17.8 Å². The van der Waals surface area contributed by atoms with E-state index in [-0.39, 0.29) is 5.91 Å². The van der Waals surface area contributed by atoms with E-state index in [4.69, 9.17) is 4.52 Å². The Hall–Kier alpha value is -2.81. The highest BCUT2D eigenvalue weighted by Crippen LogP contribution is 2.26. The van der Waals surface area contributed by atoms with Gasteiger partial charge in [0.15, 0.2) is 0 Å². The van der Waals surface area contributed by atoms with Crippen LogP contribution in [0.2, 0.25) is 0 Å². The van der Waals surface area contributed by atoms with Crippen LogP contribution in [0.15, 0.2) is 35.0 Å². The lowest BCUT2D eigenvalue weighted by molar-refractivity contribution is -0.118. The van der Waals surface area contributed by atoms with Crippen LogP contribution in [0, 0.1) is 6.92 Å². The number of nitrogens with zero attached hydrogens (tertiary/aromatic N) is 1. The summed E-state index contributed by atoms with van der Waals surface area (Å²) in [6, 6.07) is 5.40. The number of nitrogens with one attached hydrogen (secondary N) is 3. The number of hydrogen-bond donors (Lipinski definition) is 3. The van der Waals surface area contributed by atoms with Gasteiger partial charge in [-0.3, -0.25) is 14.9 Å². The molecule has 0 saturated carbocycles. The van der Waals surface area contributed by atoms with Crippen LogP contribution in [0.4, 0.5) is 20.2 Å². The summed E-state index contributed by atoms with van der Waals surface area (Å²) in [5.74, 6) is -3.35. The molecule has 0 bridgehead atoms. The lowest BCUT2D eigenvalue weighted by atomic mass is 10.1. The first-order valence-corrected chi connectivity index (χ1v) is 7.59. The molecule has 3 N–H and O–H groups in total. The zero-order valence-corrected chi connectivity index (χ0v) is 13.3. The van der Waals surface area contributed by atoms with Crippen LogP contribution in [0.5, 0.6) is 0 Å². The van der Waals surface area contributed by atoms with Crippen LogP contribution in [0.25, 0.3) is 0 Å². The molecule has 1 saturated heterocycles. The molecular weight excluding hydrogens is 334 g/mol. The molecule has 1 aromatic heterocycles. The van der Waals surface area contributed by atoms with E-state index < -0.39 is 30.8 Å². The van der Waals surface area contributed by atoms with Gasteiger partial charge in [-0.05, 0) is 31.2 Å². The van der Waals surface area contributed by atoms with Crippen molar-refractivity contribution in [2.75, 3.05) is 17.2 Å². The van der Waals surface area contributed by atoms with Gasteiger partial charge >= 0.3 is 0 Å². The molecule has 0 spiro atoms. The number of aryl methyl sites for hydroxylation is 1. The van der Waals surface area contributed by atoms with E-state index in [1.165, 1.54) is 6.20 Å². The fraction of sp³-hybridized carbons (Fsp3) is 0.312. The average molecular weight is 350 g/mol. The third-order valence-corrected chi connectivity index (χ3v) is 3.83. The third kappa shape index (κ3) is 4.00. The molecule has 1 aliphatic heterocycles. The van der Waals surface area contributed by atoms with Gasteiger partial charge in [0.1, 0.15) is 11.3 Å². The van der Waals surface area contributed by atoms with Gasteiger partial charge in [0.05, 0.1) is 18.8 Å². The third-order valence-electron chi connectivity index (χ3n) is 3.83. The van der Waals surface area contributed by atoms with E-state index >= 15 is 0 Å². The second-order valence-electron chi connectivity index (χ2n) is 5.81. The number of amides is 2. The summed E-state index contributed by atoms with van der Waals surface area (Å²) in [4.78, 5) is 24.0. The van der Waals surface area contributed by atoms with Gasteiger partial charge < -0.3 is 15.2 Å². The first-order valence-electron chi connectivity index (χ1n) is 7.59. The summed E-state index contributed by atoms with van der Waals surface area (Å²) < 4.78 is 31.1. The maximum atomic E-state index is 13.1. The normalized spacial score (nSPS) is 18.8. The Kier molecular flexibility index (Phi) is 4.49. The Labute approximate surface area is 141 Å². The van der Waals surface area contributed by atoms with Crippen molar-refractivity contribution < 1.29 is 22.9 Å². The predicted molar refractivity (Wildman–Crippen MR) is 85.6 cm³/mol. The standard InChI is InChI=1S/C16H16F2N4O3/c1-9-12(7-20-25-9)14(23)21-10-2-4-11(5-3-10)22-15(24)13-6-16(17,18)8-19-13/h2-5,7,13,19H,6,8H2,1H3,(H,21,23)(H,22,24). The quantitative estimate of drug-likeness (QED) is 0.785. The Morgan fingerprint density at radius 2 is 1.88 bits per heavy atom. The zero-order chi connectivity index (χ0) is 18.0. The predicted octanol–water partition coefficient (Wildman–Crippen LogP) is 2.17. The molecule has 9 heteroatoms. The highest BCUT2D eigenvalue weighted by molar-refractivity contribution is 6.04. The number of halogens is 2. The van der Waals surface area contributed by atoms with Gasteiger partial charge in [0.2, 0.25) is 5.91 Å².